The molecule has 0 unspecified atom stereocenters. The molecule has 1 heterocycles. The van der Waals surface area contributed by atoms with Gasteiger partial charge in [-0.05, 0) is 12.1 Å². The van der Waals surface area contributed by atoms with Crippen molar-refractivity contribution in [3.63, 3.8) is 0 Å². The maximum atomic E-state index is 11.9. The summed E-state index contributed by atoms with van der Waals surface area (Å²) in [5.74, 6) is 1.09. The predicted molar refractivity (Wildman–Crippen MR) is 62.8 cm³/mol. The third-order valence-corrected chi connectivity index (χ3v) is 2.32. The number of nitrogens with one attached hydrogen (secondary N) is 2. The monoisotopic (exact) mass is 231 g/mol. The molecular formula is C12H13N3O2. The van der Waals surface area contributed by atoms with Gasteiger partial charge in [-0.1, -0.05) is 12.1 Å². The van der Waals surface area contributed by atoms with Gasteiger partial charge in [0, 0.05) is 12.4 Å². The van der Waals surface area contributed by atoms with Crippen LogP contribution in [0.1, 0.15) is 16.2 Å². The number of imidazole rings is 1. The molecule has 1 aromatic heterocycles. The molecule has 0 bridgehead atoms. The van der Waals surface area contributed by atoms with Gasteiger partial charge >= 0.3 is 0 Å². The van der Waals surface area contributed by atoms with Gasteiger partial charge in [0.05, 0.1) is 19.2 Å². The van der Waals surface area contributed by atoms with Gasteiger partial charge in [-0.15, -0.1) is 0 Å². The highest BCUT2D eigenvalue weighted by atomic mass is 16.5. The summed E-state index contributed by atoms with van der Waals surface area (Å²) < 4.78 is 5.12. The number of benzene rings is 1. The number of ether oxygens (including phenoxy) is 1. The van der Waals surface area contributed by atoms with Crippen molar-refractivity contribution in [2.75, 3.05) is 7.11 Å². The third-order valence-electron chi connectivity index (χ3n) is 2.32. The minimum absolute atomic E-state index is 0.182. The van der Waals surface area contributed by atoms with E-state index in [2.05, 4.69) is 15.3 Å². The Morgan fingerprint density at radius 2 is 2.29 bits per heavy atom. The van der Waals surface area contributed by atoms with Gasteiger partial charge in [-0.2, -0.15) is 0 Å². The van der Waals surface area contributed by atoms with Gasteiger partial charge in [0.15, 0.2) is 0 Å². The lowest BCUT2D eigenvalue weighted by molar-refractivity contribution is 0.0947. The van der Waals surface area contributed by atoms with Crippen molar-refractivity contribution < 1.29 is 9.53 Å². The molecule has 1 amide bonds. The average Bonchev–Trinajstić information content (AvgIpc) is 2.89. The molecule has 0 saturated carbocycles. The summed E-state index contributed by atoms with van der Waals surface area (Å²) in [6, 6.07) is 7.09. The highest BCUT2D eigenvalue weighted by molar-refractivity contribution is 5.96. The van der Waals surface area contributed by atoms with Gasteiger partial charge in [0.25, 0.3) is 5.91 Å². The molecule has 5 heteroatoms. The quantitative estimate of drug-likeness (QED) is 0.834. The van der Waals surface area contributed by atoms with Crippen LogP contribution in [0.5, 0.6) is 5.75 Å². The van der Waals surface area contributed by atoms with Crippen molar-refractivity contribution in [1.82, 2.24) is 15.3 Å². The fourth-order valence-electron chi connectivity index (χ4n) is 1.49. The maximum Gasteiger partial charge on any atom is 0.255 e. The first-order chi connectivity index (χ1) is 8.31. The number of carbonyl (C=O) groups is 1. The Labute approximate surface area is 98.8 Å². The molecule has 0 fully saturated rings. The number of nitrogens with zero attached hydrogens (tertiary/aromatic N) is 1. The van der Waals surface area contributed by atoms with Crippen LogP contribution in [0, 0.1) is 0 Å². The Hall–Kier alpha value is -2.30. The van der Waals surface area contributed by atoms with Crippen LogP contribution in [-0.2, 0) is 6.54 Å². The number of methoxy groups -OCH3 is 1. The first-order valence-corrected chi connectivity index (χ1v) is 5.20. The molecule has 0 saturated heterocycles. The van der Waals surface area contributed by atoms with Gasteiger partial charge in [-0.3, -0.25) is 4.79 Å². The smallest absolute Gasteiger partial charge is 0.255 e. The van der Waals surface area contributed by atoms with E-state index < -0.39 is 0 Å². The number of carbonyl (C=O) groups excluding carboxylic acids is 1. The van der Waals surface area contributed by atoms with Gasteiger partial charge in [-0.25, -0.2) is 4.98 Å². The standard InChI is InChI=1S/C12H13N3O2/c1-17-10-5-3-2-4-9(10)12(16)15-8-11-13-6-7-14-11/h2-7H,8H2,1H3,(H,13,14)(H,15,16). The van der Waals surface area contributed by atoms with E-state index in [1.54, 1.807) is 37.7 Å². The summed E-state index contributed by atoms with van der Waals surface area (Å²) >= 11 is 0. The first-order valence-electron chi connectivity index (χ1n) is 5.20. The van der Waals surface area contributed by atoms with E-state index in [-0.39, 0.29) is 5.91 Å². The lowest BCUT2D eigenvalue weighted by Crippen LogP contribution is -2.23. The van der Waals surface area contributed by atoms with E-state index in [1.165, 1.54) is 0 Å². The van der Waals surface area contributed by atoms with Gasteiger partial charge < -0.3 is 15.0 Å². The number of amides is 1. The Morgan fingerprint density at radius 3 is 3.00 bits per heavy atom. The van der Waals surface area contributed by atoms with Crippen LogP contribution < -0.4 is 10.1 Å². The summed E-state index contributed by atoms with van der Waals surface area (Å²) in [6.45, 7) is 0.365. The zero-order chi connectivity index (χ0) is 12.1. The Kier molecular flexibility index (Phi) is 3.40. The fraction of sp³-hybridized carbons (Fsp3) is 0.167. The molecule has 2 aromatic rings. The molecule has 0 radical (unpaired) electrons. The molecule has 0 spiro atoms. The second-order valence-corrected chi connectivity index (χ2v) is 3.42. The highest BCUT2D eigenvalue weighted by Crippen LogP contribution is 2.16. The van der Waals surface area contributed by atoms with Crippen LogP contribution in [-0.4, -0.2) is 23.0 Å². The van der Waals surface area contributed by atoms with Crippen molar-refractivity contribution in [2.45, 2.75) is 6.54 Å². The molecule has 0 aliphatic heterocycles. The fourth-order valence-corrected chi connectivity index (χ4v) is 1.49. The summed E-state index contributed by atoms with van der Waals surface area (Å²) in [5, 5.41) is 2.76. The van der Waals surface area contributed by atoms with Crippen molar-refractivity contribution in [3.8, 4) is 5.75 Å². The zero-order valence-corrected chi connectivity index (χ0v) is 9.43. The minimum Gasteiger partial charge on any atom is -0.496 e. The highest BCUT2D eigenvalue weighted by Gasteiger charge is 2.10. The summed E-state index contributed by atoms with van der Waals surface area (Å²) in [7, 11) is 1.54. The Balaban J connectivity index is 2.04. The topological polar surface area (TPSA) is 67.0 Å². The third kappa shape index (κ3) is 2.63. The van der Waals surface area contributed by atoms with Crippen molar-refractivity contribution in [2.24, 2.45) is 0 Å². The van der Waals surface area contributed by atoms with Crippen LogP contribution in [0.2, 0.25) is 0 Å². The number of para-hydroxylation sites is 1. The van der Waals surface area contributed by atoms with Gasteiger partial charge in [0.1, 0.15) is 11.6 Å². The van der Waals surface area contributed by atoms with E-state index in [1.807, 2.05) is 6.07 Å². The molecule has 88 valence electrons. The average molecular weight is 231 g/mol. The van der Waals surface area contributed by atoms with E-state index in [4.69, 9.17) is 4.74 Å². The second kappa shape index (κ2) is 5.16. The van der Waals surface area contributed by atoms with Crippen LogP contribution >= 0.6 is 0 Å². The van der Waals surface area contributed by atoms with Gasteiger partial charge in [0.2, 0.25) is 0 Å². The minimum atomic E-state index is -0.182. The number of hydrogen-bond donors (Lipinski definition) is 2. The molecular weight excluding hydrogens is 218 g/mol. The molecule has 2 N–H and O–H groups in total. The summed E-state index contributed by atoms with van der Waals surface area (Å²) in [4.78, 5) is 18.8. The SMILES string of the molecule is COc1ccccc1C(=O)NCc1ncc[nH]1. The zero-order valence-electron chi connectivity index (χ0n) is 9.43. The number of aromatic nitrogens is 2. The number of hydrogen-bond acceptors (Lipinski definition) is 3. The largest absolute Gasteiger partial charge is 0.496 e. The molecule has 0 aliphatic carbocycles. The number of H-pyrrole nitrogens is 1. The van der Waals surface area contributed by atoms with Crippen molar-refractivity contribution in [3.05, 3.63) is 48.0 Å². The molecule has 17 heavy (non-hydrogen) atoms. The Morgan fingerprint density at radius 1 is 1.47 bits per heavy atom. The first kappa shape index (κ1) is 11.2. The van der Waals surface area contributed by atoms with Crippen LogP contribution in [0.4, 0.5) is 0 Å². The van der Waals surface area contributed by atoms with Crippen molar-refractivity contribution >= 4 is 5.91 Å². The molecule has 5 nitrogen and oxygen atoms in total. The maximum absolute atomic E-state index is 11.9. The van der Waals surface area contributed by atoms with Crippen LogP contribution in [0.25, 0.3) is 0 Å². The molecule has 2 rings (SSSR count). The second-order valence-electron chi connectivity index (χ2n) is 3.42. The number of rotatable bonds is 4. The van der Waals surface area contributed by atoms with Crippen LogP contribution in [0.3, 0.4) is 0 Å². The summed E-state index contributed by atoms with van der Waals surface area (Å²) in [6.07, 6.45) is 3.36. The lowest BCUT2D eigenvalue weighted by Gasteiger charge is -2.07. The molecule has 0 atom stereocenters. The lowest BCUT2D eigenvalue weighted by atomic mass is 10.2. The van der Waals surface area contributed by atoms with Crippen LogP contribution in [0.15, 0.2) is 36.7 Å². The van der Waals surface area contributed by atoms with E-state index in [0.29, 0.717) is 23.7 Å². The molecule has 1 aromatic carbocycles. The Bertz CT molecular complexity index is 494. The normalized spacial score (nSPS) is 9.94. The van der Waals surface area contributed by atoms with E-state index in [0.717, 1.165) is 0 Å². The van der Waals surface area contributed by atoms with Crippen molar-refractivity contribution in [1.29, 1.82) is 0 Å². The number of aromatic amines is 1. The van der Waals surface area contributed by atoms with E-state index in [9.17, 15) is 4.79 Å². The summed E-state index contributed by atoms with van der Waals surface area (Å²) in [5.41, 5.74) is 0.515. The predicted octanol–water partition coefficient (Wildman–Crippen LogP) is 1.35. The molecule has 0 aliphatic rings. The van der Waals surface area contributed by atoms with E-state index >= 15 is 0 Å².